The standard InChI is InChI=1S/C39H28N2O/c1-39(2)32-15-6-8-17-35(32)42-36-23-22-28(24-33(36)39)25-18-20-27(21-19-25)38-40-34-16-7-5-13-31(34)37(41-38)30-14-9-11-26-10-3-4-12-29(26)30/h3-24H,1-2H3. The van der Waals surface area contributed by atoms with Gasteiger partial charge in [-0.3, -0.25) is 0 Å². The summed E-state index contributed by atoms with van der Waals surface area (Å²) in [6.45, 7) is 4.54. The molecule has 0 aliphatic carbocycles. The van der Waals surface area contributed by atoms with Gasteiger partial charge in [0.2, 0.25) is 0 Å². The summed E-state index contributed by atoms with van der Waals surface area (Å²) >= 11 is 0. The van der Waals surface area contributed by atoms with Gasteiger partial charge in [0.05, 0.1) is 11.2 Å². The van der Waals surface area contributed by atoms with E-state index in [4.69, 9.17) is 14.7 Å². The lowest BCUT2D eigenvalue weighted by Gasteiger charge is -2.34. The third-order valence-corrected chi connectivity index (χ3v) is 8.56. The Kier molecular flexibility index (Phi) is 5.48. The van der Waals surface area contributed by atoms with E-state index >= 15 is 0 Å². The van der Waals surface area contributed by atoms with Gasteiger partial charge in [0, 0.05) is 33.1 Å². The second-order valence-corrected chi connectivity index (χ2v) is 11.5. The van der Waals surface area contributed by atoms with Crippen LogP contribution in [0.3, 0.4) is 0 Å². The molecule has 42 heavy (non-hydrogen) atoms. The molecule has 0 saturated heterocycles. The Balaban J connectivity index is 1.20. The van der Waals surface area contributed by atoms with E-state index in [1.165, 1.54) is 21.9 Å². The molecule has 200 valence electrons. The fourth-order valence-electron chi connectivity index (χ4n) is 6.28. The van der Waals surface area contributed by atoms with E-state index in [9.17, 15) is 0 Å². The lowest BCUT2D eigenvalue weighted by molar-refractivity contribution is 0.418. The minimum Gasteiger partial charge on any atom is -0.457 e. The molecule has 1 aromatic heterocycles. The van der Waals surface area contributed by atoms with Crippen molar-refractivity contribution in [1.82, 2.24) is 9.97 Å². The maximum Gasteiger partial charge on any atom is 0.160 e. The number of rotatable bonds is 3. The van der Waals surface area contributed by atoms with Crippen molar-refractivity contribution in [3.05, 3.63) is 145 Å². The van der Waals surface area contributed by atoms with Crippen molar-refractivity contribution in [2.45, 2.75) is 19.3 Å². The molecule has 6 aromatic carbocycles. The van der Waals surface area contributed by atoms with Crippen LogP contribution in [0.2, 0.25) is 0 Å². The molecule has 8 rings (SSSR count). The van der Waals surface area contributed by atoms with E-state index in [-0.39, 0.29) is 5.41 Å². The summed E-state index contributed by atoms with van der Waals surface area (Å²) in [6, 6.07) is 46.6. The first-order chi connectivity index (χ1) is 20.6. The van der Waals surface area contributed by atoms with Crippen LogP contribution in [-0.2, 0) is 5.41 Å². The molecule has 0 spiro atoms. The molecular formula is C39H28N2O. The molecule has 0 saturated carbocycles. The highest BCUT2D eigenvalue weighted by atomic mass is 16.5. The zero-order chi connectivity index (χ0) is 28.3. The van der Waals surface area contributed by atoms with Gasteiger partial charge in [0.15, 0.2) is 5.82 Å². The number of hydrogen-bond acceptors (Lipinski definition) is 3. The van der Waals surface area contributed by atoms with E-state index in [0.717, 1.165) is 56.2 Å². The van der Waals surface area contributed by atoms with Crippen LogP contribution < -0.4 is 4.74 Å². The Hall–Kier alpha value is -5.28. The van der Waals surface area contributed by atoms with Gasteiger partial charge in [0.1, 0.15) is 11.5 Å². The van der Waals surface area contributed by atoms with Crippen molar-refractivity contribution in [2.75, 3.05) is 0 Å². The highest BCUT2D eigenvalue weighted by Gasteiger charge is 2.34. The topological polar surface area (TPSA) is 35.0 Å². The van der Waals surface area contributed by atoms with Gasteiger partial charge in [-0.1, -0.05) is 123 Å². The Morgan fingerprint density at radius 2 is 1.19 bits per heavy atom. The number of para-hydroxylation sites is 2. The SMILES string of the molecule is CC1(C)c2ccccc2Oc2ccc(-c3ccc(-c4nc(-c5cccc6ccccc56)c5ccccc5n4)cc3)cc21. The van der Waals surface area contributed by atoms with E-state index in [1.54, 1.807) is 0 Å². The molecule has 1 aliphatic rings. The zero-order valence-corrected chi connectivity index (χ0v) is 23.5. The van der Waals surface area contributed by atoms with Gasteiger partial charge >= 0.3 is 0 Å². The number of nitrogens with zero attached hydrogens (tertiary/aromatic N) is 2. The quantitative estimate of drug-likeness (QED) is 0.224. The molecule has 0 amide bonds. The predicted octanol–water partition coefficient (Wildman–Crippen LogP) is 10.2. The molecule has 3 nitrogen and oxygen atoms in total. The fraction of sp³-hybridized carbons (Fsp3) is 0.0769. The molecule has 0 bridgehead atoms. The van der Waals surface area contributed by atoms with E-state index in [1.807, 2.05) is 18.2 Å². The van der Waals surface area contributed by atoms with Gasteiger partial charge in [-0.15, -0.1) is 0 Å². The molecule has 2 heterocycles. The van der Waals surface area contributed by atoms with Crippen molar-refractivity contribution in [2.24, 2.45) is 0 Å². The van der Waals surface area contributed by atoms with Gasteiger partial charge in [-0.05, 0) is 46.2 Å². The van der Waals surface area contributed by atoms with Crippen LogP contribution in [0.4, 0.5) is 0 Å². The molecule has 3 heteroatoms. The minimum absolute atomic E-state index is 0.156. The van der Waals surface area contributed by atoms with Crippen molar-refractivity contribution < 1.29 is 4.74 Å². The van der Waals surface area contributed by atoms with E-state index < -0.39 is 0 Å². The second kappa shape index (κ2) is 9.39. The molecular weight excluding hydrogens is 512 g/mol. The monoisotopic (exact) mass is 540 g/mol. The molecule has 0 N–H and O–H groups in total. The Morgan fingerprint density at radius 1 is 0.524 bits per heavy atom. The molecule has 0 unspecified atom stereocenters. The highest BCUT2D eigenvalue weighted by molar-refractivity contribution is 6.03. The number of hydrogen-bond donors (Lipinski definition) is 0. The molecule has 0 fully saturated rings. The first-order valence-corrected chi connectivity index (χ1v) is 14.3. The predicted molar refractivity (Wildman–Crippen MR) is 172 cm³/mol. The largest absolute Gasteiger partial charge is 0.457 e. The summed E-state index contributed by atoms with van der Waals surface area (Å²) in [4.78, 5) is 10.1. The van der Waals surface area contributed by atoms with Crippen LogP contribution >= 0.6 is 0 Å². The van der Waals surface area contributed by atoms with Gasteiger partial charge in [-0.25, -0.2) is 9.97 Å². The average molecular weight is 541 g/mol. The lowest BCUT2D eigenvalue weighted by atomic mass is 9.75. The molecule has 0 radical (unpaired) electrons. The van der Waals surface area contributed by atoms with Gasteiger partial charge < -0.3 is 4.74 Å². The van der Waals surface area contributed by atoms with Crippen molar-refractivity contribution in [3.8, 4) is 45.3 Å². The highest BCUT2D eigenvalue weighted by Crippen LogP contribution is 2.48. The van der Waals surface area contributed by atoms with Crippen LogP contribution in [0.1, 0.15) is 25.0 Å². The van der Waals surface area contributed by atoms with Crippen LogP contribution in [0.25, 0.3) is 55.4 Å². The summed E-state index contributed by atoms with van der Waals surface area (Å²) in [6.07, 6.45) is 0. The number of aromatic nitrogens is 2. The van der Waals surface area contributed by atoms with Crippen molar-refractivity contribution >= 4 is 21.7 Å². The second-order valence-electron chi connectivity index (χ2n) is 11.5. The minimum atomic E-state index is -0.156. The van der Waals surface area contributed by atoms with Gasteiger partial charge in [0.25, 0.3) is 0 Å². The van der Waals surface area contributed by atoms with Gasteiger partial charge in [-0.2, -0.15) is 0 Å². The summed E-state index contributed by atoms with van der Waals surface area (Å²) in [7, 11) is 0. The summed E-state index contributed by atoms with van der Waals surface area (Å²) in [5.41, 5.74) is 8.54. The third kappa shape index (κ3) is 3.89. The third-order valence-electron chi connectivity index (χ3n) is 8.56. The molecule has 7 aromatic rings. The van der Waals surface area contributed by atoms with Crippen LogP contribution in [-0.4, -0.2) is 9.97 Å². The number of fused-ring (bicyclic) bond motifs is 4. The maximum atomic E-state index is 6.27. The Labute approximate surface area is 245 Å². The van der Waals surface area contributed by atoms with E-state index in [2.05, 4.69) is 129 Å². The first kappa shape index (κ1) is 24.5. The van der Waals surface area contributed by atoms with Crippen LogP contribution in [0.5, 0.6) is 11.5 Å². The Morgan fingerprint density at radius 3 is 2.07 bits per heavy atom. The summed E-state index contributed by atoms with van der Waals surface area (Å²) in [5.74, 6) is 2.58. The average Bonchev–Trinajstić information content (AvgIpc) is 3.04. The van der Waals surface area contributed by atoms with Crippen LogP contribution in [0.15, 0.2) is 133 Å². The van der Waals surface area contributed by atoms with Crippen molar-refractivity contribution in [1.29, 1.82) is 0 Å². The lowest BCUT2D eigenvalue weighted by Crippen LogP contribution is -2.24. The Bertz CT molecular complexity index is 2140. The normalized spacial score (nSPS) is 13.4. The number of benzene rings is 6. The fourth-order valence-corrected chi connectivity index (χ4v) is 6.28. The van der Waals surface area contributed by atoms with E-state index in [0.29, 0.717) is 0 Å². The van der Waals surface area contributed by atoms with Crippen molar-refractivity contribution in [3.63, 3.8) is 0 Å². The molecule has 1 aliphatic heterocycles. The van der Waals surface area contributed by atoms with Crippen LogP contribution in [0, 0.1) is 0 Å². The molecule has 0 atom stereocenters. The number of ether oxygens (including phenoxy) is 1. The summed E-state index contributed by atoms with van der Waals surface area (Å²) in [5, 5.41) is 3.44. The summed E-state index contributed by atoms with van der Waals surface area (Å²) < 4.78 is 6.27. The maximum absolute atomic E-state index is 6.27. The smallest absolute Gasteiger partial charge is 0.160 e. The first-order valence-electron chi connectivity index (χ1n) is 14.3. The zero-order valence-electron chi connectivity index (χ0n) is 23.5.